The Bertz CT molecular complexity index is 539. The Kier molecular flexibility index (Phi) is 6.66. The number of methoxy groups -OCH3 is 1. The molecule has 0 spiro atoms. The van der Waals surface area contributed by atoms with Gasteiger partial charge in [-0.1, -0.05) is 18.2 Å². The van der Waals surface area contributed by atoms with Gasteiger partial charge in [0.05, 0.1) is 24.4 Å². The monoisotopic (exact) mass is 291 g/mol. The molecule has 5 heteroatoms. The average Bonchev–Trinajstić information content (AvgIpc) is 2.88. The van der Waals surface area contributed by atoms with E-state index in [1.165, 1.54) is 10.9 Å². The summed E-state index contributed by atoms with van der Waals surface area (Å²) < 4.78 is 12.4. The summed E-state index contributed by atoms with van der Waals surface area (Å²) >= 11 is 0. The van der Waals surface area contributed by atoms with Crippen molar-refractivity contribution in [1.82, 2.24) is 15.1 Å². The van der Waals surface area contributed by atoms with Crippen LogP contribution < -0.4 is 5.32 Å². The molecule has 116 valence electrons. The number of nitrogens with one attached hydrogen (secondary N) is 1. The largest absolute Gasteiger partial charge is 0.382 e. The number of rotatable bonds is 10. The van der Waals surface area contributed by atoms with Gasteiger partial charge in [-0.2, -0.15) is 5.10 Å². The predicted molar refractivity (Wildman–Crippen MR) is 84.4 cm³/mol. The summed E-state index contributed by atoms with van der Waals surface area (Å²) in [5.74, 6) is 0. The smallest absolute Gasteiger partial charge is 0.0841 e. The van der Waals surface area contributed by atoms with Crippen molar-refractivity contribution in [3.05, 3.63) is 30.0 Å². The van der Waals surface area contributed by atoms with Gasteiger partial charge in [-0.05, 0) is 26.0 Å². The van der Waals surface area contributed by atoms with Gasteiger partial charge in [0.25, 0.3) is 0 Å². The fraction of sp³-hybridized carbons (Fsp3) is 0.562. The minimum absolute atomic E-state index is 0.661. The molecule has 1 heterocycles. The van der Waals surface area contributed by atoms with E-state index in [1.807, 2.05) is 0 Å². The van der Waals surface area contributed by atoms with Gasteiger partial charge >= 0.3 is 0 Å². The van der Waals surface area contributed by atoms with Crippen LogP contribution in [0.1, 0.15) is 19.0 Å². The van der Waals surface area contributed by atoms with Gasteiger partial charge in [0.2, 0.25) is 0 Å². The van der Waals surface area contributed by atoms with E-state index in [1.54, 1.807) is 7.11 Å². The maximum Gasteiger partial charge on any atom is 0.0841 e. The topological polar surface area (TPSA) is 48.3 Å². The van der Waals surface area contributed by atoms with E-state index < -0.39 is 0 Å². The Hall–Kier alpha value is -1.43. The quantitative estimate of drug-likeness (QED) is 0.682. The summed E-state index contributed by atoms with van der Waals surface area (Å²) in [6, 6.07) is 8.39. The van der Waals surface area contributed by atoms with Gasteiger partial charge in [-0.3, -0.25) is 4.68 Å². The van der Waals surface area contributed by atoms with Gasteiger partial charge in [0.15, 0.2) is 0 Å². The van der Waals surface area contributed by atoms with Crippen molar-refractivity contribution in [2.45, 2.75) is 26.4 Å². The molecule has 2 rings (SSSR count). The molecule has 0 aliphatic rings. The van der Waals surface area contributed by atoms with Crippen molar-refractivity contribution < 1.29 is 9.47 Å². The van der Waals surface area contributed by atoms with Gasteiger partial charge in [-0.25, -0.2) is 0 Å². The van der Waals surface area contributed by atoms with E-state index in [0.717, 1.165) is 38.4 Å². The van der Waals surface area contributed by atoms with Gasteiger partial charge in [0.1, 0.15) is 0 Å². The minimum atomic E-state index is 0.661. The van der Waals surface area contributed by atoms with Crippen LogP contribution >= 0.6 is 0 Å². The third-order valence-electron chi connectivity index (χ3n) is 3.40. The summed E-state index contributed by atoms with van der Waals surface area (Å²) in [7, 11) is 1.69. The molecule has 21 heavy (non-hydrogen) atoms. The van der Waals surface area contributed by atoms with Gasteiger partial charge in [-0.15, -0.1) is 0 Å². The molecule has 2 aromatic rings. The molecule has 0 aliphatic carbocycles. The Morgan fingerprint density at radius 1 is 1.19 bits per heavy atom. The molecule has 1 aromatic carbocycles. The molecule has 5 nitrogen and oxygen atoms in total. The number of aryl methyl sites for hydroxylation is 1. The summed E-state index contributed by atoms with van der Waals surface area (Å²) in [6.07, 6.45) is 0.996. The number of fused-ring (bicyclic) bond motifs is 1. The highest BCUT2D eigenvalue weighted by molar-refractivity contribution is 5.81. The third-order valence-corrected chi connectivity index (χ3v) is 3.40. The molecule has 0 bridgehead atoms. The molecular formula is C16H25N3O2. The Morgan fingerprint density at radius 2 is 2.05 bits per heavy atom. The fourth-order valence-electron chi connectivity index (χ4n) is 2.32. The van der Waals surface area contributed by atoms with Crippen molar-refractivity contribution in [3.63, 3.8) is 0 Å². The predicted octanol–water partition coefficient (Wildman–Crippen LogP) is 2.20. The van der Waals surface area contributed by atoms with Crippen molar-refractivity contribution in [1.29, 1.82) is 0 Å². The number of hydrogen-bond donors (Lipinski definition) is 1. The van der Waals surface area contributed by atoms with Crippen LogP contribution in [0.25, 0.3) is 10.9 Å². The molecule has 0 aliphatic heterocycles. The standard InChI is InChI=1S/C16H25N3O2/c1-3-19-16-8-5-4-7-14(16)15(18-19)13-17-9-6-10-21-12-11-20-2/h4-5,7-8,17H,3,6,9-13H2,1-2H3. The van der Waals surface area contributed by atoms with Gasteiger partial charge < -0.3 is 14.8 Å². The first-order valence-electron chi connectivity index (χ1n) is 7.58. The molecule has 0 amide bonds. The molecule has 0 saturated heterocycles. The second-order valence-corrected chi connectivity index (χ2v) is 4.92. The van der Waals surface area contributed by atoms with Crippen molar-refractivity contribution in [2.75, 3.05) is 33.5 Å². The second-order valence-electron chi connectivity index (χ2n) is 4.92. The lowest BCUT2D eigenvalue weighted by Gasteiger charge is -2.04. The number of ether oxygens (including phenoxy) is 2. The zero-order valence-corrected chi connectivity index (χ0v) is 13.0. The molecule has 0 unspecified atom stereocenters. The lowest BCUT2D eigenvalue weighted by molar-refractivity contribution is 0.0694. The summed E-state index contributed by atoms with van der Waals surface area (Å²) in [5, 5.41) is 9.35. The molecular weight excluding hydrogens is 266 g/mol. The maximum absolute atomic E-state index is 5.43. The lowest BCUT2D eigenvalue weighted by atomic mass is 10.2. The molecule has 0 fully saturated rings. The van der Waals surface area contributed by atoms with Crippen LogP contribution in [0, 0.1) is 0 Å². The second kappa shape index (κ2) is 8.77. The van der Waals surface area contributed by atoms with Crippen molar-refractivity contribution in [3.8, 4) is 0 Å². The van der Waals surface area contributed by atoms with Crippen LogP contribution in [0.3, 0.4) is 0 Å². The highest BCUT2D eigenvalue weighted by atomic mass is 16.5. The molecule has 0 saturated carbocycles. The average molecular weight is 291 g/mol. The number of aromatic nitrogens is 2. The van der Waals surface area contributed by atoms with E-state index >= 15 is 0 Å². The molecule has 0 radical (unpaired) electrons. The maximum atomic E-state index is 5.43. The van der Waals surface area contributed by atoms with Crippen LogP contribution in [-0.4, -0.2) is 43.3 Å². The number of para-hydroxylation sites is 1. The van der Waals surface area contributed by atoms with E-state index in [0.29, 0.717) is 13.2 Å². The lowest BCUT2D eigenvalue weighted by Crippen LogP contribution is -2.17. The van der Waals surface area contributed by atoms with Crippen LogP contribution in [0.5, 0.6) is 0 Å². The number of nitrogens with zero attached hydrogens (tertiary/aromatic N) is 2. The van der Waals surface area contributed by atoms with Crippen LogP contribution in [0.4, 0.5) is 0 Å². The van der Waals surface area contributed by atoms with Crippen molar-refractivity contribution >= 4 is 10.9 Å². The number of benzene rings is 1. The molecule has 0 atom stereocenters. The SMILES string of the molecule is CCn1nc(CNCCCOCCOC)c2ccccc21. The normalized spacial score (nSPS) is 11.3. The van der Waals surface area contributed by atoms with Crippen LogP contribution in [0.15, 0.2) is 24.3 Å². The van der Waals surface area contributed by atoms with Gasteiger partial charge in [0, 0.05) is 32.2 Å². The van der Waals surface area contributed by atoms with Crippen molar-refractivity contribution in [2.24, 2.45) is 0 Å². The fourth-order valence-corrected chi connectivity index (χ4v) is 2.32. The van der Waals surface area contributed by atoms with E-state index in [9.17, 15) is 0 Å². The number of hydrogen-bond acceptors (Lipinski definition) is 4. The van der Waals surface area contributed by atoms with E-state index in [2.05, 4.69) is 46.3 Å². The molecule has 1 aromatic heterocycles. The van der Waals surface area contributed by atoms with E-state index in [-0.39, 0.29) is 0 Å². The summed E-state index contributed by atoms with van der Waals surface area (Å²) in [4.78, 5) is 0. The first kappa shape index (κ1) is 15.9. The first-order chi connectivity index (χ1) is 10.4. The third kappa shape index (κ3) is 4.52. The summed E-state index contributed by atoms with van der Waals surface area (Å²) in [5.41, 5.74) is 2.33. The zero-order chi connectivity index (χ0) is 14.9. The van der Waals surface area contributed by atoms with Crippen LogP contribution in [-0.2, 0) is 22.6 Å². The zero-order valence-electron chi connectivity index (χ0n) is 13.0. The highest BCUT2D eigenvalue weighted by Crippen LogP contribution is 2.18. The summed E-state index contributed by atoms with van der Waals surface area (Å²) in [6.45, 7) is 6.84. The van der Waals surface area contributed by atoms with E-state index in [4.69, 9.17) is 9.47 Å². The Morgan fingerprint density at radius 3 is 2.86 bits per heavy atom. The Labute approximate surface area is 126 Å². The van der Waals surface area contributed by atoms with Crippen LogP contribution in [0.2, 0.25) is 0 Å². The highest BCUT2D eigenvalue weighted by Gasteiger charge is 2.07. The minimum Gasteiger partial charge on any atom is -0.382 e. The first-order valence-corrected chi connectivity index (χ1v) is 7.58. The Balaban J connectivity index is 1.76. The molecule has 1 N–H and O–H groups in total.